The van der Waals surface area contributed by atoms with E-state index in [0.29, 0.717) is 19.1 Å². The van der Waals surface area contributed by atoms with Crippen molar-refractivity contribution in [2.75, 3.05) is 13.2 Å². The maximum atomic E-state index is 11.0. The van der Waals surface area contributed by atoms with E-state index in [4.69, 9.17) is 4.74 Å². The molecule has 0 rings (SSSR count). The zero-order valence-electron chi connectivity index (χ0n) is 9.64. The second-order valence-electron chi connectivity index (χ2n) is 3.55. The lowest BCUT2D eigenvalue weighted by Gasteiger charge is -2.14. The van der Waals surface area contributed by atoms with Crippen LogP contribution in [0.25, 0.3) is 0 Å². The normalized spacial score (nSPS) is 12.2. The summed E-state index contributed by atoms with van der Waals surface area (Å²) < 4.78 is 5.08. The molecular weight excluding hydrogens is 178 g/mol. The van der Waals surface area contributed by atoms with Gasteiger partial charge in [0.1, 0.15) is 0 Å². The number of amides is 1. The second-order valence-corrected chi connectivity index (χ2v) is 3.55. The van der Waals surface area contributed by atoms with Crippen molar-refractivity contribution >= 4 is 6.09 Å². The first-order valence-corrected chi connectivity index (χ1v) is 5.65. The zero-order valence-corrected chi connectivity index (χ0v) is 9.64. The molecule has 1 atom stereocenters. The number of alkyl carbamates (subject to hydrolysis) is 1. The number of hydrogen-bond acceptors (Lipinski definition) is 2. The monoisotopic (exact) mass is 201 g/mol. The van der Waals surface area contributed by atoms with Crippen molar-refractivity contribution in [3.63, 3.8) is 0 Å². The van der Waals surface area contributed by atoms with E-state index in [1.54, 1.807) is 0 Å². The highest BCUT2D eigenvalue weighted by Gasteiger charge is 2.08. The lowest BCUT2D eigenvalue weighted by Crippen LogP contribution is -2.26. The van der Waals surface area contributed by atoms with Crippen molar-refractivity contribution in [3.8, 4) is 0 Å². The summed E-state index contributed by atoms with van der Waals surface area (Å²) in [4.78, 5) is 11.0. The van der Waals surface area contributed by atoms with Crippen molar-refractivity contribution in [2.24, 2.45) is 5.92 Å². The van der Waals surface area contributed by atoms with Crippen molar-refractivity contribution in [1.82, 2.24) is 5.32 Å². The lowest BCUT2D eigenvalue weighted by molar-refractivity contribution is 0.123. The van der Waals surface area contributed by atoms with Gasteiger partial charge in [-0.05, 0) is 19.3 Å². The molecule has 1 unspecified atom stereocenters. The van der Waals surface area contributed by atoms with E-state index >= 15 is 0 Å². The van der Waals surface area contributed by atoms with Crippen LogP contribution in [0.1, 0.15) is 46.5 Å². The Labute approximate surface area is 87.2 Å². The highest BCUT2D eigenvalue weighted by molar-refractivity contribution is 5.66. The molecule has 3 heteroatoms. The van der Waals surface area contributed by atoms with Crippen LogP contribution < -0.4 is 5.32 Å². The minimum absolute atomic E-state index is 0.289. The van der Waals surface area contributed by atoms with E-state index in [9.17, 15) is 4.79 Å². The summed E-state index contributed by atoms with van der Waals surface area (Å²) >= 11 is 0. The van der Waals surface area contributed by atoms with Crippen molar-refractivity contribution in [2.45, 2.75) is 46.5 Å². The summed E-state index contributed by atoms with van der Waals surface area (Å²) in [6.45, 7) is 7.39. The van der Waals surface area contributed by atoms with E-state index in [0.717, 1.165) is 12.8 Å². The first-order chi connectivity index (χ1) is 6.74. The Kier molecular flexibility index (Phi) is 8.39. The molecule has 14 heavy (non-hydrogen) atoms. The van der Waals surface area contributed by atoms with Gasteiger partial charge in [0.25, 0.3) is 0 Å². The lowest BCUT2D eigenvalue weighted by atomic mass is 10.0. The van der Waals surface area contributed by atoms with Gasteiger partial charge in [-0.2, -0.15) is 0 Å². The number of unbranched alkanes of at least 4 members (excludes halogenated alkanes) is 1. The van der Waals surface area contributed by atoms with Crippen LogP contribution in [0.15, 0.2) is 0 Å². The van der Waals surface area contributed by atoms with Gasteiger partial charge >= 0.3 is 6.09 Å². The minimum atomic E-state index is -0.289. The molecule has 0 aromatic carbocycles. The third-order valence-corrected chi connectivity index (χ3v) is 2.31. The third-order valence-electron chi connectivity index (χ3n) is 2.31. The molecule has 0 radical (unpaired) electrons. The summed E-state index contributed by atoms with van der Waals surface area (Å²) in [5.74, 6) is 0.526. The van der Waals surface area contributed by atoms with E-state index in [-0.39, 0.29) is 6.09 Å². The molecule has 0 heterocycles. The number of hydrogen-bond donors (Lipinski definition) is 1. The molecule has 1 amide bonds. The first kappa shape index (κ1) is 13.3. The second kappa shape index (κ2) is 8.85. The minimum Gasteiger partial charge on any atom is -0.449 e. The molecule has 0 saturated carbocycles. The number of carbonyl (C=O) groups is 1. The quantitative estimate of drug-likeness (QED) is 0.687. The van der Waals surface area contributed by atoms with Crippen LogP contribution in [0, 0.1) is 5.92 Å². The summed E-state index contributed by atoms with van der Waals surface area (Å²) in [6, 6.07) is 0. The maximum Gasteiger partial charge on any atom is 0.407 e. The average molecular weight is 201 g/mol. The smallest absolute Gasteiger partial charge is 0.407 e. The molecular formula is C11H23NO2. The number of rotatable bonds is 7. The molecule has 3 nitrogen and oxygen atoms in total. The van der Waals surface area contributed by atoms with Gasteiger partial charge in [-0.1, -0.05) is 33.1 Å². The molecule has 0 aliphatic heterocycles. The van der Waals surface area contributed by atoms with E-state index < -0.39 is 0 Å². The predicted octanol–water partition coefficient (Wildman–Crippen LogP) is 2.95. The van der Waals surface area contributed by atoms with E-state index in [1.807, 2.05) is 6.92 Å². The standard InChI is InChI=1S/C11H23NO2/c1-4-7-8-10(5-2)9-14-11(13)12-6-3/h10H,4-9H2,1-3H3,(H,12,13). The molecule has 0 saturated heterocycles. The number of nitrogens with one attached hydrogen (secondary N) is 1. The van der Waals surface area contributed by atoms with Gasteiger partial charge in [0.2, 0.25) is 0 Å². The Balaban J connectivity index is 3.55. The van der Waals surface area contributed by atoms with Crippen molar-refractivity contribution in [1.29, 1.82) is 0 Å². The fourth-order valence-corrected chi connectivity index (χ4v) is 1.29. The van der Waals surface area contributed by atoms with Gasteiger partial charge in [-0.3, -0.25) is 0 Å². The third kappa shape index (κ3) is 6.75. The zero-order chi connectivity index (χ0) is 10.8. The van der Waals surface area contributed by atoms with Crippen LogP contribution >= 0.6 is 0 Å². The van der Waals surface area contributed by atoms with Crippen LogP contribution in [-0.4, -0.2) is 19.2 Å². The van der Waals surface area contributed by atoms with Crippen molar-refractivity contribution in [3.05, 3.63) is 0 Å². The molecule has 84 valence electrons. The summed E-state index contributed by atoms with van der Waals surface area (Å²) in [5, 5.41) is 2.62. The predicted molar refractivity (Wildman–Crippen MR) is 58.3 cm³/mol. The van der Waals surface area contributed by atoms with Gasteiger partial charge in [0.15, 0.2) is 0 Å². The molecule has 0 fully saturated rings. The molecule has 0 aromatic heterocycles. The largest absolute Gasteiger partial charge is 0.449 e. The fourth-order valence-electron chi connectivity index (χ4n) is 1.29. The molecule has 0 bridgehead atoms. The molecule has 0 aliphatic carbocycles. The maximum absolute atomic E-state index is 11.0. The highest BCUT2D eigenvalue weighted by Crippen LogP contribution is 2.12. The molecule has 0 aromatic rings. The summed E-state index contributed by atoms with van der Waals surface area (Å²) in [6.07, 6.45) is 4.38. The highest BCUT2D eigenvalue weighted by atomic mass is 16.5. The van der Waals surface area contributed by atoms with Gasteiger partial charge in [-0.15, -0.1) is 0 Å². The van der Waals surface area contributed by atoms with Gasteiger partial charge in [0, 0.05) is 6.54 Å². The Hall–Kier alpha value is -0.730. The van der Waals surface area contributed by atoms with E-state index in [1.165, 1.54) is 12.8 Å². The van der Waals surface area contributed by atoms with Gasteiger partial charge in [-0.25, -0.2) is 4.79 Å². The molecule has 0 spiro atoms. The van der Waals surface area contributed by atoms with Crippen LogP contribution in [0.3, 0.4) is 0 Å². The number of carbonyl (C=O) groups excluding carboxylic acids is 1. The average Bonchev–Trinajstić information content (AvgIpc) is 2.19. The van der Waals surface area contributed by atoms with Crippen LogP contribution in [0.2, 0.25) is 0 Å². The SMILES string of the molecule is CCCCC(CC)COC(=O)NCC. The van der Waals surface area contributed by atoms with Crippen LogP contribution in [-0.2, 0) is 4.74 Å². The summed E-state index contributed by atoms with van der Waals surface area (Å²) in [5.41, 5.74) is 0. The fraction of sp³-hybridized carbons (Fsp3) is 0.909. The summed E-state index contributed by atoms with van der Waals surface area (Å²) in [7, 11) is 0. The Bertz CT molecular complexity index is 148. The van der Waals surface area contributed by atoms with E-state index in [2.05, 4.69) is 19.2 Å². The first-order valence-electron chi connectivity index (χ1n) is 5.65. The van der Waals surface area contributed by atoms with Crippen molar-refractivity contribution < 1.29 is 9.53 Å². The Morgan fingerprint density at radius 2 is 2.07 bits per heavy atom. The molecule has 1 N–H and O–H groups in total. The molecule has 0 aliphatic rings. The Morgan fingerprint density at radius 1 is 1.36 bits per heavy atom. The van der Waals surface area contributed by atoms with Gasteiger partial charge < -0.3 is 10.1 Å². The Morgan fingerprint density at radius 3 is 2.57 bits per heavy atom. The van der Waals surface area contributed by atoms with Crippen LogP contribution in [0.5, 0.6) is 0 Å². The topological polar surface area (TPSA) is 38.3 Å². The van der Waals surface area contributed by atoms with Gasteiger partial charge in [0.05, 0.1) is 6.61 Å². The number of ether oxygens (including phenoxy) is 1. The van der Waals surface area contributed by atoms with Crippen LogP contribution in [0.4, 0.5) is 4.79 Å².